The first-order chi connectivity index (χ1) is 8.32. The fraction of sp³-hybridized carbons (Fsp3) is 0.333. The van der Waals surface area contributed by atoms with E-state index >= 15 is 0 Å². The van der Waals surface area contributed by atoms with E-state index in [1.807, 2.05) is 0 Å². The van der Waals surface area contributed by atoms with Crippen LogP contribution >= 0.6 is 0 Å². The number of amides is 1. The van der Waals surface area contributed by atoms with Crippen LogP contribution in [0.2, 0.25) is 0 Å². The summed E-state index contributed by atoms with van der Waals surface area (Å²) in [6.07, 6.45) is 0. The van der Waals surface area contributed by atoms with E-state index in [0.29, 0.717) is 0 Å². The van der Waals surface area contributed by atoms with Gasteiger partial charge in [-0.05, 0) is 32.0 Å². The molecule has 0 spiro atoms. The molecular formula is C12H13F2NO3. The summed E-state index contributed by atoms with van der Waals surface area (Å²) in [4.78, 5) is 22.3. The Morgan fingerprint density at radius 2 is 1.89 bits per heavy atom. The Morgan fingerprint density at radius 3 is 2.44 bits per heavy atom. The van der Waals surface area contributed by atoms with Crippen LogP contribution in [0, 0.1) is 17.6 Å². The molecule has 2 unspecified atom stereocenters. The van der Waals surface area contributed by atoms with Gasteiger partial charge in [0.1, 0.15) is 11.6 Å². The first kappa shape index (κ1) is 14.1. The summed E-state index contributed by atoms with van der Waals surface area (Å²) in [5, 5.41) is 11.1. The summed E-state index contributed by atoms with van der Waals surface area (Å²) in [5.41, 5.74) is -0.445. The standard InChI is InChI=1S/C12H13F2NO3/c1-6(12(17)18)7(2)15-11(16)9-5-8(13)3-4-10(9)14/h3-7H,1-2H3,(H,15,16)(H,17,18). The van der Waals surface area contributed by atoms with E-state index in [1.165, 1.54) is 13.8 Å². The van der Waals surface area contributed by atoms with Crippen LogP contribution in [0.4, 0.5) is 8.78 Å². The van der Waals surface area contributed by atoms with E-state index in [4.69, 9.17) is 5.11 Å². The van der Waals surface area contributed by atoms with Gasteiger partial charge < -0.3 is 10.4 Å². The predicted octanol–water partition coefficient (Wildman–Crippen LogP) is 1.80. The highest BCUT2D eigenvalue weighted by Crippen LogP contribution is 2.11. The number of benzene rings is 1. The minimum atomic E-state index is -1.08. The van der Waals surface area contributed by atoms with Gasteiger partial charge in [-0.15, -0.1) is 0 Å². The number of carboxylic acids is 1. The zero-order valence-electron chi connectivity index (χ0n) is 9.91. The first-order valence-electron chi connectivity index (χ1n) is 5.31. The lowest BCUT2D eigenvalue weighted by molar-refractivity contribution is -0.141. The van der Waals surface area contributed by atoms with Crippen LogP contribution in [0.1, 0.15) is 24.2 Å². The maximum Gasteiger partial charge on any atom is 0.308 e. The molecule has 0 bridgehead atoms. The number of carboxylic acid groups (broad SMARTS) is 1. The van der Waals surface area contributed by atoms with Gasteiger partial charge in [0, 0.05) is 6.04 Å². The molecule has 0 aliphatic heterocycles. The SMILES string of the molecule is CC(NC(=O)c1cc(F)ccc1F)C(C)C(=O)O. The summed E-state index contributed by atoms with van der Waals surface area (Å²) >= 11 is 0. The number of halogens is 2. The number of nitrogens with one attached hydrogen (secondary N) is 1. The molecule has 2 N–H and O–H groups in total. The van der Waals surface area contributed by atoms with Gasteiger partial charge in [0.05, 0.1) is 11.5 Å². The molecule has 6 heteroatoms. The van der Waals surface area contributed by atoms with Crippen molar-refractivity contribution < 1.29 is 23.5 Å². The molecule has 1 rings (SSSR count). The van der Waals surface area contributed by atoms with Gasteiger partial charge in [0.25, 0.3) is 5.91 Å². The third kappa shape index (κ3) is 3.26. The van der Waals surface area contributed by atoms with E-state index < -0.39 is 41.0 Å². The van der Waals surface area contributed by atoms with E-state index in [0.717, 1.165) is 18.2 Å². The van der Waals surface area contributed by atoms with Crippen molar-refractivity contribution in [2.45, 2.75) is 19.9 Å². The number of carbonyl (C=O) groups is 2. The van der Waals surface area contributed by atoms with Crippen LogP contribution in [0.25, 0.3) is 0 Å². The third-order valence-corrected chi connectivity index (χ3v) is 2.67. The summed E-state index contributed by atoms with van der Waals surface area (Å²) in [5.74, 6) is -4.34. The van der Waals surface area contributed by atoms with E-state index in [2.05, 4.69) is 5.32 Å². The van der Waals surface area contributed by atoms with Crippen molar-refractivity contribution in [3.63, 3.8) is 0 Å². The van der Waals surface area contributed by atoms with E-state index in [9.17, 15) is 18.4 Å². The molecule has 0 fully saturated rings. The van der Waals surface area contributed by atoms with Crippen LogP contribution in [0.3, 0.4) is 0 Å². The molecule has 0 saturated carbocycles. The van der Waals surface area contributed by atoms with Crippen molar-refractivity contribution in [2.24, 2.45) is 5.92 Å². The lowest BCUT2D eigenvalue weighted by Crippen LogP contribution is -2.40. The van der Waals surface area contributed by atoms with Crippen LogP contribution in [-0.2, 0) is 4.79 Å². The topological polar surface area (TPSA) is 66.4 Å². The predicted molar refractivity (Wildman–Crippen MR) is 60.1 cm³/mol. The van der Waals surface area contributed by atoms with E-state index in [-0.39, 0.29) is 0 Å². The van der Waals surface area contributed by atoms with Gasteiger partial charge in [-0.25, -0.2) is 8.78 Å². The molecule has 2 atom stereocenters. The summed E-state index contributed by atoms with van der Waals surface area (Å²) in [6, 6.07) is 1.81. The quantitative estimate of drug-likeness (QED) is 0.864. The van der Waals surface area contributed by atoms with Crippen molar-refractivity contribution in [1.29, 1.82) is 0 Å². The summed E-state index contributed by atoms with van der Waals surface area (Å²) in [6.45, 7) is 2.89. The van der Waals surface area contributed by atoms with Crippen LogP contribution in [0.15, 0.2) is 18.2 Å². The Morgan fingerprint density at radius 1 is 1.28 bits per heavy atom. The van der Waals surface area contributed by atoms with Crippen molar-refractivity contribution >= 4 is 11.9 Å². The molecule has 0 aliphatic rings. The fourth-order valence-corrected chi connectivity index (χ4v) is 1.29. The number of aliphatic carboxylic acids is 1. The second kappa shape index (κ2) is 5.57. The smallest absolute Gasteiger partial charge is 0.308 e. The normalized spacial score (nSPS) is 13.8. The lowest BCUT2D eigenvalue weighted by atomic mass is 10.0. The van der Waals surface area contributed by atoms with Gasteiger partial charge in [0.2, 0.25) is 0 Å². The highest BCUT2D eigenvalue weighted by molar-refractivity contribution is 5.94. The minimum absolute atomic E-state index is 0.445. The van der Waals surface area contributed by atoms with Gasteiger partial charge in [0.15, 0.2) is 0 Å². The van der Waals surface area contributed by atoms with Crippen molar-refractivity contribution in [2.75, 3.05) is 0 Å². The largest absolute Gasteiger partial charge is 0.481 e. The molecule has 0 saturated heterocycles. The van der Waals surface area contributed by atoms with Crippen LogP contribution < -0.4 is 5.32 Å². The molecule has 0 aromatic heterocycles. The zero-order valence-corrected chi connectivity index (χ0v) is 9.91. The van der Waals surface area contributed by atoms with Gasteiger partial charge >= 0.3 is 5.97 Å². The van der Waals surface area contributed by atoms with Gasteiger partial charge in [-0.1, -0.05) is 0 Å². The Kier molecular flexibility index (Phi) is 4.36. The molecule has 18 heavy (non-hydrogen) atoms. The van der Waals surface area contributed by atoms with Gasteiger partial charge in [-0.2, -0.15) is 0 Å². The average molecular weight is 257 g/mol. The third-order valence-electron chi connectivity index (χ3n) is 2.67. The average Bonchev–Trinajstić information content (AvgIpc) is 2.30. The van der Waals surface area contributed by atoms with Crippen LogP contribution in [-0.4, -0.2) is 23.0 Å². The maximum absolute atomic E-state index is 13.3. The lowest BCUT2D eigenvalue weighted by Gasteiger charge is -2.17. The number of rotatable bonds is 4. The highest BCUT2D eigenvalue weighted by atomic mass is 19.1. The highest BCUT2D eigenvalue weighted by Gasteiger charge is 2.22. The van der Waals surface area contributed by atoms with Crippen molar-refractivity contribution in [3.05, 3.63) is 35.4 Å². The molecule has 4 nitrogen and oxygen atoms in total. The van der Waals surface area contributed by atoms with E-state index in [1.54, 1.807) is 0 Å². The molecule has 1 aromatic carbocycles. The second-order valence-electron chi connectivity index (χ2n) is 4.01. The number of hydrogen-bond donors (Lipinski definition) is 2. The summed E-state index contributed by atoms with van der Waals surface area (Å²) < 4.78 is 26.2. The molecule has 98 valence electrons. The molecule has 0 radical (unpaired) electrons. The minimum Gasteiger partial charge on any atom is -0.481 e. The van der Waals surface area contributed by atoms with Crippen molar-refractivity contribution in [1.82, 2.24) is 5.32 Å². The monoisotopic (exact) mass is 257 g/mol. The van der Waals surface area contributed by atoms with Crippen LogP contribution in [0.5, 0.6) is 0 Å². The molecular weight excluding hydrogens is 244 g/mol. The fourth-order valence-electron chi connectivity index (χ4n) is 1.29. The van der Waals surface area contributed by atoms with Crippen molar-refractivity contribution in [3.8, 4) is 0 Å². The summed E-state index contributed by atoms with van der Waals surface area (Å²) in [7, 11) is 0. The molecule has 1 amide bonds. The Balaban J connectivity index is 2.82. The Labute approximate surface area is 103 Å². The van der Waals surface area contributed by atoms with Gasteiger partial charge in [-0.3, -0.25) is 9.59 Å². The zero-order chi connectivity index (χ0) is 13.9. The number of carbonyl (C=O) groups excluding carboxylic acids is 1. The maximum atomic E-state index is 13.3. The molecule has 0 aliphatic carbocycles. The second-order valence-corrected chi connectivity index (χ2v) is 4.01. The first-order valence-corrected chi connectivity index (χ1v) is 5.31. The molecule has 1 aromatic rings. The number of hydrogen-bond acceptors (Lipinski definition) is 2. The Bertz CT molecular complexity index is 476. The Hall–Kier alpha value is -1.98. The molecule has 0 heterocycles.